The van der Waals surface area contributed by atoms with E-state index in [9.17, 15) is 31.2 Å². The molecule has 1 saturated carbocycles. The Morgan fingerprint density at radius 2 is 1.63 bits per heavy atom. The molecule has 41 heavy (non-hydrogen) atoms. The Kier molecular flexibility index (Phi) is 11.2. The molecular weight excluding hydrogens is 626 g/mol. The molecule has 0 bridgehead atoms. The molecule has 0 aromatic heterocycles. The summed E-state index contributed by atoms with van der Waals surface area (Å²) >= 11 is 18.4. The number of sulfonamides is 1. The zero-order valence-electron chi connectivity index (χ0n) is 22.5. The van der Waals surface area contributed by atoms with E-state index >= 15 is 0 Å². The van der Waals surface area contributed by atoms with Crippen molar-refractivity contribution in [1.29, 1.82) is 0 Å². The van der Waals surface area contributed by atoms with E-state index < -0.39 is 56.9 Å². The first kappa shape index (κ1) is 33.3. The van der Waals surface area contributed by atoms with Gasteiger partial charge >= 0.3 is 6.18 Å². The quantitative estimate of drug-likeness (QED) is 0.309. The van der Waals surface area contributed by atoms with E-state index in [0.717, 1.165) is 50.5 Å². The number of amides is 2. The number of nitrogens with zero attached hydrogens (tertiary/aromatic N) is 2. The van der Waals surface area contributed by atoms with E-state index in [1.807, 2.05) is 0 Å². The highest BCUT2D eigenvalue weighted by molar-refractivity contribution is 7.92. The van der Waals surface area contributed by atoms with Crippen molar-refractivity contribution >= 4 is 62.3 Å². The van der Waals surface area contributed by atoms with E-state index in [1.54, 1.807) is 25.1 Å². The molecule has 0 unspecified atom stereocenters. The summed E-state index contributed by atoms with van der Waals surface area (Å²) in [6, 6.07) is 6.19. The standard InChI is InChI=1S/C27H31Cl3F3N3O4S/c1-3-24(26(38)34-17-8-5-4-6-9-17)35(15-19-21(28)10-7-11-22(19)29)25(37)16-36(41(2,39)40)18-12-13-23(30)20(14-18)27(31,32)33/h7,10-14,17,24H,3-6,8-9,15-16H2,1-2H3,(H,34,38)/t24-/m1/s1. The molecule has 3 rings (SSSR count). The number of carbonyl (C=O) groups is 2. The molecule has 1 N–H and O–H groups in total. The first-order valence-electron chi connectivity index (χ1n) is 13.0. The molecule has 7 nitrogen and oxygen atoms in total. The number of alkyl halides is 3. The summed E-state index contributed by atoms with van der Waals surface area (Å²) in [5, 5.41) is 2.83. The summed E-state index contributed by atoms with van der Waals surface area (Å²) in [5.41, 5.74) is -1.33. The van der Waals surface area contributed by atoms with Gasteiger partial charge in [0.05, 0.1) is 22.5 Å². The van der Waals surface area contributed by atoms with Crippen LogP contribution in [0.15, 0.2) is 36.4 Å². The average molecular weight is 657 g/mol. The summed E-state index contributed by atoms with van der Waals surface area (Å²) in [6.07, 6.45) is 0.667. The van der Waals surface area contributed by atoms with Gasteiger partial charge in [-0.3, -0.25) is 13.9 Å². The molecule has 2 amide bonds. The number of halogens is 6. The molecule has 0 saturated heterocycles. The minimum Gasteiger partial charge on any atom is -0.352 e. The fourth-order valence-electron chi connectivity index (χ4n) is 4.82. The third kappa shape index (κ3) is 8.65. The number of carbonyl (C=O) groups excluding carboxylic acids is 2. The van der Waals surface area contributed by atoms with Crippen LogP contribution in [0.5, 0.6) is 0 Å². The highest BCUT2D eigenvalue weighted by Gasteiger charge is 2.36. The third-order valence-electron chi connectivity index (χ3n) is 6.95. The highest BCUT2D eigenvalue weighted by Crippen LogP contribution is 2.37. The van der Waals surface area contributed by atoms with Crippen molar-refractivity contribution in [2.45, 2.75) is 70.3 Å². The Hall–Kier alpha value is -2.21. The van der Waals surface area contributed by atoms with Crippen molar-refractivity contribution in [3.63, 3.8) is 0 Å². The van der Waals surface area contributed by atoms with Gasteiger partial charge in [0.1, 0.15) is 12.6 Å². The van der Waals surface area contributed by atoms with Crippen LogP contribution in [0, 0.1) is 0 Å². The number of hydrogen-bond donors (Lipinski definition) is 1. The zero-order valence-corrected chi connectivity index (χ0v) is 25.6. The van der Waals surface area contributed by atoms with Gasteiger partial charge in [0.2, 0.25) is 21.8 Å². The lowest BCUT2D eigenvalue weighted by Gasteiger charge is -2.34. The Labute approximate surface area is 253 Å². The number of hydrogen-bond acceptors (Lipinski definition) is 4. The predicted octanol–water partition coefficient (Wildman–Crippen LogP) is 6.69. The Morgan fingerprint density at radius 3 is 2.17 bits per heavy atom. The fourth-order valence-corrected chi connectivity index (χ4v) is 6.40. The monoisotopic (exact) mass is 655 g/mol. The lowest BCUT2D eigenvalue weighted by atomic mass is 9.95. The smallest absolute Gasteiger partial charge is 0.352 e. The molecule has 14 heteroatoms. The van der Waals surface area contributed by atoms with Crippen molar-refractivity contribution < 1.29 is 31.2 Å². The summed E-state index contributed by atoms with van der Waals surface area (Å²) in [5.74, 6) is -1.26. The Balaban J connectivity index is 2.01. The van der Waals surface area contributed by atoms with Crippen molar-refractivity contribution in [3.8, 4) is 0 Å². The molecule has 0 aliphatic heterocycles. The van der Waals surface area contributed by atoms with Crippen LogP contribution in [0.25, 0.3) is 0 Å². The predicted molar refractivity (Wildman–Crippen MR) is 155 cm³/mol. The van der Waals surface area contributed by atoms with Crippen molar-refractivity contribution in [1.82, 2.24) is 10.2 Å². The summed E-state index contributed by atoms with van der Waals surface area (Å²) in [7, 11) is -4.26. The summed E-state index contributed by atoms with van der Waals surface area (Å²) in [4.78, 5) is 28.5. The molecule has 1 fully saturated rings. The van der Waals surface area contributed by atoms with Gasteiger partial charge in [0.25, 0.3) is 0 Å². The number of anilines is 1. The van der Waals surface area contributed by atoms with Crippen molar-refractivity contribution in [2.75, 3.05) is 17.1 Å². The lowest BCUT2D eigenvalue weighted by molar-refractivity contribution is -0.140. The van der Waals surface area contributed by atoms with Crippen LogP contribution in [0.4, 0.5) is 18.9 Å². The van der Waals surface area contributed by atoms with Gasteiger partial charge in [0.15, 0.2) is 0 Å². The van der Waals surface area contributed by atoms with Crippen LogP contribution in [-0.4, -0.2) is 50.0 Å². The van der Waals surface area contributed by atoms with Gasteiger partial charge in [-0.1, -0.05) is 67.1 Å². The lowest BCUT2D eigenvalue weighted by Crippen LogP contribution is -2.54. The number of nitrogens with one attached hydrogen (secondary N) is 1. The number of rotatable bonds is 10. The summed E-state index contributed by atoms with van der Waals surface area (Å²) < 4.78 is 66.7. The SMILES string of the molecule is CC[C@H](C(=O)NC1CCCCC1)N(Cc1c(Cl)cccc1Cl)C(=O)CN(c1ccc(Cl)c(C(F)(F)F)c1)S(C)(=O)=O. The minimum atomic E-state index is -4.86. The topological polar surface area (TPSA) is 86.8 Å². The minimum absolute atomic E-state index is 0.0615. The molecule has 1 atom stereocenters. The maximum atomic E-state index is 13.9. The molecule has 0 heterocycles. The molecule has 2 aromatic rings. The second-order valence-corrected chi connectivity index (χ2v) is 13.0. The van der Waals surface area contributed by atoms with Crippen LogP contribution in [0.3, 0.4) is 0 Å². The average Bonchev–Trinajstić information content (AvgIpc) is 2.88. The molecule has 0 radical (unpaired) electrons. The van der Waals surface area contributed by atoms with Gasteiger partial charge in [0, 0.05) is 28.2 Å². The molecule has 2 aromatic carbocycles. The third-order valence-corrected chi connectivity index (χ3v) is 9.13. The van der Waals surface area contributed by atoms with Crippen molar-refractivity contribution in [3.05, 3.63) is 62.6 Å². The fraction of sp³-hybridized carbons (Fsp3) is 0.481. The highest BCUT2D eigenvalue weighted by atomic mass is 35.5. The van der Waals surface area contributed by atoms with Gasteiger partial charge in [-0.25, -0.2) is 8.42 Å². The molecule has 226 valence electrons. The second-order valence-electron chi connectivity index (χ2n) is 9.92. The van der Waals surface area contributed by atoms with Crippen LogP contribution < -0.4 is 9.62 Å². The van der Waals surface area contributed by atoms with Crippen LogP contribution in [0.1, 0.15) is 56.6 Å². The van der Waals surface area contributed by atoms with Gasteiger partial charge in [-0.05, 0) is 49.6 Å². The maximum Gasteiger partial charge on any atom is 0.417 e. The molecule has 0 spiro atoms. The Bertz CT molecular complexity index is 1350. The van der Waals surface area contributed by atoms with Crippen LogP contribution >= 0.6 is 34.8 Å². The van der Waals surface area contributed by atoms with Gasteiger partial charge in [-0.15, -0.1) is 0 Å². The maximum absolute atomic E-state index is 13.9. The van der Waals surface area contributed by atoms with E-state index in [1.165, 1.54) is 4.90 Å². The van der Waals surface area contributed by atoms with Crippen LogP contribution in [0.2, 0.25) is 15.1 Å². The largest absolute Gasteiger partial charge is 0.417 e. The van der Waals surface area contributed by atoms with Crippen molar-refractivity contribution in [2.24, 2.45) is 0 Å². The second kappa shape index (κ2) is 13.8. The molecule has 1 aliphatic carbocycles. The first-order chi connectivity index (χ1) is 19.1. The zero-order chi connectivity index (χ0) is 30.5. The number of benzene rings is 2. The first-order valence-corrected chi connectivity index (χ1v) is 16.0. The van der Waals surface area contributed by atoms with E-state index in [-0.39, 0.29) is 29.1 Å². The van der Waals surface area contributed by atoms with E-state index in [2.05, 4.69) is 5.32 Å². The Morgan fingerprint density at radius 1 is 1.02 bits per heavy atom. The van der Waals surface area contributed by atoms with Gasteiger partial charge in [-0.2, -0.15) is 13.2 Å². The summed E-state index contributed by atoms with van der Waals surface area (Å²) in [6.45, 7) is 0.579. The van der Waals surface area contributed by atoms with Gasteiger partial charge < -0.3 is 10.2 Å². The van der Waals surface area contributed by atoms with E-state index in [0.29, 0.717) is 15.9 Å². The van der Waals surface area contributed by atoms with E-state index in [4.69, 9.17) is 34.8 Å². The van der Waals surface area contributed by atoms with Crippen LogP contribution in [-0.2, 0) is 32.3 Å². The molecular formula is C27H31Cl3F3N3O4S. The normalized spacial score (nSPS) is 15.3. The molecule has 1 aliphatic rings.